The van der Waals surface area contributed by atoms with Crippen molar-refractivity contribution in [2.45, 2.75) is 31.6 Å². The van der Waals surface area contributed by atoms with Crippen LogP contribution in [0.3, 0.4) is 0 Å². The molecule has 0 aromatic rings. The summed E-state index contributed by atoms with van der Waals surface area (Å²) in [7, 11) is -1.29. The fourth-order valence-electron chi connectivity index (χ4n) is 2.36. The first-order chi connectivity index (χ1) is 8.70. The summed E-state index contributed by atoms with van der Waals surface area (Å²) in [6.45, 7) is 2.19. The third-order valence-corrected chi connectivity index (χ3v) is 3.29. The third-order valence-electron chi connectivity index (χ3n) is 3.29. The Morgan fingerprint density at radius 3 is 3.00 bits per heavy atom. The monoisotopic (exact) mass is 257 g/mol. The molecule has 2 saturated heterocycles. The molecule has 102 valence electrons. The number of hydrogen-bond acceptors (Lipinski definition) is 6. The highest BCUT2D eigenvalue weighted by Gasteiger charge is 2.34. The number of nitrogens with one attached hydrogen (secondary N) is 1. The highest BCUT2D eigenvalue weighted by Crippen LogP contribution is 2.19. The Morgan fingerprint density at radius 1 is 1.50 bits per heavy atom. The Labute approximate surface area is 107 Å². The molecule has 2 rings (SSSR count). The Balaban J connectivity index is 1.78. The topological polar surface area (TPSA) is 97.1 Å². The second-order valence-corrected chi connectivity index (χ2v) is 4.58. The Morgan fingerprint density at radius 2 is 2.33 bits per heavy atom. The van der Waals surface area contributed by atoms with Crippen LogP contribution in [0.5, 0.6) is 0 Å². The quantitative estimate of drug-likeness (QED) is 0.506. The SMILES string of the molecule is NCC(=O)N1CCCC1OB(O)O[C@@H]1CCNC1. The van der Waals surface area contributed by atoms with Gasteiger partial charge < -0.3 is 30.3 Å². The maximum atomic E-state index is 11.5. The molecule has 0 bridgehead atoms. The lowest BCUT2D eigenvalue weighted by molar-refractivity contribution is -0.136. The number of likely N-dealkylation sites (tertiary alicyclic amines) is 1. The van der Waals surface area contributed by atoms with E-state index in [1.54, 1.807) is 4.90 Å². The number of carbonyl (C=O) groups is 1. The van der Waals surface area contributed by atoms with E-state index in [2.05, 4.69) is 5.32 Å². The standard InChI is InChI=1S/C10H20BN3O4/c12-6-9(15)14-5-1-2-10(14)18-11(16)17-8-3-4-13-7-8/h8,10,13,16H,1-7,12H2/t8-,10?/m1/s1. The van der Waals surface area contributed by atoms with E-state index >= 15 is 0 Å². The zero-order valence-electron chi connectivity index (χ0n) is 10.4. The van der Waals surface area contributed by atoms with Crippen molar-refractivity contribution in [2.75, 3.05) is 26.2 Å². The third kappa shape index (κ3) is 3.42. The van der Waals surface area contributed by atoms with Gasteiger partial charge in [-0.1, -0.05) is 0 Å². The normalized spacial score (nSPS) is 27.8. The average molecular weight is 257 g/mol. The molecule has 0 aromatic carbocycles. The number of nitrogens with two attached hydrogens (primary N) is 1. The lowest BCUT2D eigenvalue weighted by atomic mass is 10.2. The molecule has 18 heavy (non-hydrogen) atoms. The van der Waals surface area contributed by atoms with E-state index in [-0.39, 0.29) is 18.6 Å². The zero-order valence-corrected chi connectivity index (χ0v) is 10.4. The van der Waals surface area contributed by atoms with E-state index in [1.807, 2.05) is 0 Å². The van der Waals surface area contributed by atoms with Crippen molar-refractivity contribution >= 4 is 13.2 Å². The van der Waals surface area contributed by atoms with Gasteiger partial charge in [-0.15, -0.1) is 0 Å². The fourth-order valence-corrected chi connectivity index (χ4v) is 2.36. The predicted octanol–water partition coefficient (Wildman–Crippen LogP) is -1.73. The van der Waals surface area contributed by atoms with Crippen LogP contribution in [-0.2, 0) is 14.1 Å². The molecule has 2 aliphatic rings. The lowest BCUT2D eigenvalue weighted by Crippen LogP contribution is -2.44. The second kappa shape index (κ2) is 6.49. The van der Waals surface area contributed by atoms with Crippen LogP contribution < -0.4 is 11.1 Å². The van der Waals surface area contributed by atoms with Gasteiger partial charge in [-0.2, -0.15) is 0 Å². The van der Waals surface area contributed by atoms with Gasteiger partial charge in [0.2, 0.25) is 5.91 Å². The van der Waals surface area contributed by atoms with Crippen molar-refractivity contribution in [3.05, 3.63) is 0 Å². The number of hydrogen-bond donors (Lipinski definition) is 3. The molecule has 0 spiro atoms. The van der Waals surface area contributed by atoms with Crippen LogP contribution in [0.25, 0.3) is 0 Å². The highest BCUT2D eigenvalue weighted by molar-refractivity contribution is 6.34. The molecule has 4 N–H and O–H groups in total. The largest absolute Gasteiger partial charge is 0.638 e. The number of carbonyl (C=O) groups excluding carboxylic acids is 1. The van der Waals surface area contributed by atoms with Gasteiger partial charge in [0.25, 0.3) is 0 Å². The second-order valence-electron chi connectivity index (χ2n) is 4.58. The summed E-state index contributed by atoms with van der Waals surface area (Å²) < 4.78 is 10.7. The summed E-state index contributed by atoms with van der Waals surface area (Å²) in [5.74, 6) is -0.160. The highest BCUT2D eigenvalue weighted by atomic mass is 16.7. The smallest absolute Gasteiger partial charge is 0.402 e. The Bertz CT molecular complexity index is 288. The van der Waals surface area contributed by atoms with Gasteiger partial charge >= 0.3 is 7.32 Å². The maximum absolute atomic E-state index is 11.5. The first kappa shape index (κ1) is 13.8. The van der Waals surface area contributed by atoms with Crippen molar-refractivity contribution in [1.82, 2.24) is 10.2 Å². The molecule has 0 radical (unpaired) electrons. The summed E-state index contributed by atoms with van der Waals surface area (Å²) >= 11 is 0. The molecule has 2 heterocycles. The molecular formula is C10H20BN3O4. The fraction of sp³-hybridized carbons (Fsp3) is 0.900. The van der Waals surface area contributed by atoms with Crippen molar-refractivity contribution in [3.8, 4) is 0 Å². The van der Waals surface area contributed by atoms with E-state index < -0.39 is 13.5 Å². The van der Waals surface area contributed by atoms with E-state index in [0.29, 0.717) is 13.0 Å². The van der Waals surface area contributed by atoms with Gasteiger partial charge in [-0.25, -0.2) is 0 Å². The molecule has 1 unspecified atom stereocenters. The van der Waals surface area contributed by atoms with Crippen molar-refractivity contribution < 1.29 is 19.1 Å². The molecule has 2 atom stereocenters. The zero-order chi connectivity index (χ0) is 13.0. The van der Waals surface area contributed by atoms with Gasteiger partial charge in [0.1, 0.15) is 6.23 Å². The number of rotatable bonds is 5. The van der Waals surface area contributed by atoms with Crippen molar-refractivity contribution in [1.29, 1.82) is 0 Å². The molecule has 1 amide bonds. The van der Waals surface area contributed by atoms with E-state index in [0.717, 1.165) is 25.9 Å². The summed E-state index contributed by atoms with van der Waals surface area (Å²) in [4.78, 5) is 13.1. The molecular weight excluding hydrogens is 237 g/mol. The van der Waals surface area contributed by atoms with E-state index in [9.17, 15) is 9.82 Å². The Kier molecular flexibility index (Phi) is 4.96. The molecule has 0 aliphatic carbocycles. The van der Waals surface area contributed by atoms with Gasteiger partial charge in [0.05, 0.1) is 12.6 Å². The van der Waals surface area contributed by atoms with Gasteiger partial charge in [0, 0.05) is 13.1 Å². The molecule has 2 aliphatic heterocycles. The van der Waals surface area contributed by atoms with Gasteiger partial charge in [-0.3, -0.25) is 4.79 Å². The van der Waals surface area contributed by atoms with Crippen LogP contribution >= 0.6 is 0 Å². The summed E-state index contributed by atoms with van der Waals surface area (Å²) in [6, 6.07) is 0. The van der Waals surface area contributed by atoms with Crippen LogP contribution in [0, 0.1) is 0 Å². The van der Waals surface area contributed by atoms with Crippen LogP contribution in [0.15, 0.2) is 0 Å². The molecule has 0 aromatic heterocycles. The molecule has 8 heteroatoms. The first-order valence-corrected chi connectivity index (χ1v) is 6.40. The van der Waals surface area contributed by atoms with Crippen LogP contribution in [0.2, 0.25) is 0 Å². The lowest BCUT2D eigenvalue weighted by Gasteiger charge is -2.26. The van der Waals surface area contributed by atoms with Crippen LogP contribution in [-0.4, -0.2) is 61.7 Å². The minimum Gasteiger partial charge on any atom is -0.402 e. The van der Waals surface area contributed by atoms with Crippen LogP contribution in [0.1, 0.15) is 19.3 Å². The Hall–Kier alpha value is -0.665. The van der Waals surface area contributed by atoms with Crippen LogP contribution in [0.4, 0.5) is 0 Å². The molecule has 0 saturated carbocycles. The molecule has 7 nitrogen and oxygen atoms in total. The molecule has 2 fully saturated rings. The number of amides is 1. The first-order valence-electron chi connectivity index (χ1n) is 6.40. The van der Waals surface area contributed by atoms with Gasteiger partial charge in [-0.05, 0) is 25.8 Å². The summed E-state index contributed by atoms with van der Waals surface area (Å²) in [5.41, 5.74) is 5.33. The predicted molar refractivity (Wildman–Crippen MR) is 65.2 cm³/mol. The summed E-state index contributed by atoms with van der Waals surface area (Å²) in [6.07, 6.45) is 1.96. The maximum Gasteiger partial charge on any atom is 0.638 e. The minimum atomic E-state index is -1.29. The minimum absolute atomic E-state index is 0.0277. The van der Waals surface area contributed by atoms with E-state index in [1.165, 1.54) is 0 Å². The van der Waals surface area contributed by atoms with Crippen molar-refractivity contribution in [2.24, 2.45) is 5.73 Å². The summed E-state index contributed by atoms with van der Waals surface area (Å²) in [5, 5.41) is 12.8. The van der Waals surface area contributed by atoms with Crippen molar-refractivity contribution in [3.63, 3.8) is 0 Å². The number of nitrogens with zero attached hydrogens (tertiary/aromatic N) is 1. The average Bonchev–Trinajstić information content (AvgIpc) is 2.99. The van der Waals surface area contributed by atoms with Gasteiger partial charge in [0.15, 0.2) is 0 Å². The van der Waals surface area contributed by atoms with E-state index in [4.69, 9.17) is 15.0 Å².